The molecule has 0 atom stereocenters. The minimum absolute atomic E-state index is 0. The number of halogens is 1. The summed E-state index contributed by atoms with van der Waals surface area (Å²) in [6.07, 6.45) is 7.09. The fourth-order valence-corrected chi connectivity index (χ4v) is 4.44. The Labute approximate surface area is 208 Å². The lowest BCUT2D eigenvalue weighted by molar-refractivity contribution is -0.146. The number of aliphatic imine (C=N–C) groups is 1. The van der Waals surface area contributed by atoms with E-state index in [2.05, 4.69) is 22.5 Å². The molecule has 1 aliphatic carbocycles. The first kappa shape index (κ1) is 26.4. The molecule has 1 aliphatic heterocycles. The predicted octanol–water partition coefficient (Wildman–Crippen LogP) is 4.17. The predicted molar refractivity (Wildman–Crippen MR) is 138 cm³/mol. The van der Waals surface area contributed by atoms with E-state index < -0.39 is 0 Å². The number of methoxy groups -OCH3 is 1. The SMILES string of the molecule is CCNC(=NCc1cccc(NC(=O)C2CCCCC2)c1)N1CCC(C(=O)OC)CC1.I. The minimum atomic E-state index is -0.117. The number of amides is 1. The summed E-state index contributed by atoms with van der Waals surface area (Å²) < 4.78 is 4.88. The highest BCUT2D eigenvalue weighted by Crippen LogP contribution is 2.25. The maximum absolute atomic E-state index is 12.5. The molecule has 1 amide bonds. The van der Waals surface area contributed by atoms with Crippen molar-refractivity contribution in [1.29, 1.82) is 0 Å². The first-order valence-corrected chi connectivity index (χ1v) is 11.6. The van der Waals surface area contributed by atoms with Gasteiger partial charge in [0, 0.05) is 31.2 Å². The van der Waals surface area contributed by atoms with Crippen LogP contribution in [0, 0.1) is 11.8 Å². The van der Waals surface area contributed by atoms with Gasteiger partial charge in [0.2, 0.25) is 5.91 Å². The van der Waals surface area contributed by atoms with Crippen molar-refractivity contribution in [2.24, 2.45) is 16.8 Å². The van der Waals surface area contributed by atoms with E-state index in [-0.39, 0.29) is 47.7 Å². The van der Waals surface area contributed by atoms with Gasteiger partial charge in [0.05, 0.1) is 19.6 Å². The third kappa shape index (κ3) is 7.64. The van der Waals surface area contributed by atoms with E-state index in [0.29, 0.717) is 6.54 Å². The van der Waals surface area contributed by atoms with Crippen LogP contribution < -0.4 is 10.6 Å². The highest BCUT2D eigenvalue weighted by Gasteiger charge is 2.27. The highest BCUT2D eigenvalue weighted by atomic mass is 127. The van der Waals surface area contributed by atoms with E-state index in [4.69, 9.17) is 9.73 Å². The first-order valence-electron chi connectivity index (χ1n) is 11.6. The van der Waals surface area contributed by atoms with Crippen LogP contribution >= 0.6 is 24.0 Å². The quantitative estimate of drug-likeness (QED) is 0.238. The summed E-state index contributed by atoms with van der Waals surface area (Å²) in [5.74, 6) is 1.01. The zero-order valence-electron chi connectivity index (χ0n) is 19.3. The van der Waals surface area contributed by atoms with Crippen LogP contribution in [0.15, 0.2) is 29.3 Å². The topological polar surface area (TPSA) is 83.0 Å². The van der Waals surface area contributed by atoms with Gasteiger partial charge in [0.15, 0.2) is 5.96 Å². The number of esters is 1. The van der Waals surface area contributed by atoms with Crippen molar-refractivity contribution in [3.63, 3.8) is 0 Å². The van der Waals surface area contributed by atoms with E-state index in [1.54, 1.807) is 0 Å². The monoisotopic (exact) mass is 556 g/mol. The Morgan fingerprint density at radius 3 is 2.47 bits per heavy atom. The molecule has 0 unspecified atom stereocenters. The third-order valence-corrected chi connectivity index (χ3v) is 6.25. The largest absolute Gasteiger partial charge is 0.469 e. The van der Waals surface area contributed by atoms with E-state index in [1.807, 2.05) is 24.3 Å². The number of benzene rings is 1. The summed E-state index contributed by atoms with van der Waals surface area (Å²) in [6.45, 7) is 4.93. The standard InChI is InChI=1S/C24H36N4O3.HI/c1-3-25-24(28-14-12-20(13-15-28)23(30)31-2)26-17-18-8-7-11-21(16-18)27-22(29)19-9-5-4-6-10-19;/h7-8,11,16,19-20H,3-6,9-10,12-15,17H2,1-2H3,(H,25,26)(H,27,29);1H. The Morgan fingerprint density at radius 1 is 1.09 bits per heavy atom. The molecule has 7 nitrogen and oxygen atoms in total. The van der Waals surface area contributed by atoms with E-state index in [1.165, 1.54) is 13.5 Å². The minimum Gasteiger partial charge on any atom is -0.469 e. The molecule has 2 fully saturated rings. The summed E-state index contributed by atoms with van der Waals surface area (Å²) in [5.41, 5.74) is 1.90. The molecule has 1 saturated carbocycles. The van der Waals surface area contributed by atoms with Crippen LogP contribution in [0.5, 0.6) is 0 Å². The second-order valence-corrected chi connectivity index (χ2v) is 8.48. The smallest absolute Gasteiger partial charge is 0.308 e. The van der Waals surface area contributed by atoms with E-state index in [0.717, 1.165) is 75.4 Å². The van der Waals surface area contributed by atoms with Crippen molar-refractivity contribution in [2.75, 3.05) is 32.1 Å². The number of nitrogens with one attached hydrogen (secondary N) is 2. The van der Waals surface area contributed by atoms with Gasteiger partial charge in [-0.25, -0.2) is 4.99 Å². The Bertz CT molecular complexity index is 772. The van der Waals surface area contributed by atoms with Crippen molar-refractivity contribution >= 4 is 47.5 Å². The molecule has 3 rings (SSSR count). The Balaban J connectivity index is 0.00000363. The molecule has 1 heterocycles. The van der Waals surface area contributed by atoms with Crippen LogP contribution in [-0.4, -0.2) is 49.5 Å². The zero-order chi connectivity index (χ0) is 22.1. The molecule has 1 saturated heterocycles. The zero-order valence-corrected chi connectivity index (χ0v) is 21.6. The molecular weight excluding hydrogens is 519 g/mol. The Morgan fingerprint density at radius 2 is 1.81 bits per heavy atom. The number of rotatable bonds is 6. The molecule has 178 valence electrons. The van der Waals surface area contributed by atoms with Gasteiger partial charge in [-0.15, -0.1) is 24.0 Å². The van der Waals surface area contributed by atoms with Gasteiger partial charge < -0.3 is 20.3 Å². The lowest BCUT2D eigenvalue weighted by Gasteiger charge is -2.33. The van der Waals surface area contributed by atoms with Crippen LogP contribution in [0.3, 0.4) is 0 Å². The molecule has 0 aromatic heterocycles. The second-order valence-electron chi connectivity index (χ2n) is 8.48. The molecule has 0 radical (unpaired) electrons. The molecule has 2 aliphatic rings. The molecule has 1 aromatic rings. The van der Waals surface area contributed by atoms with Gasteiger partial charge in [-0.05, 0) is 50.3 Å². The van der Waals surface area contributed by atoms with Crippen molar-refractivity contribution in [1.82, 2.24) is 10.2 Å². The number of piperidine rings is 1. The molecule has 8 heteroatoms. The summed E-state index contributed by atoms with van der Waals surface area (Å²) >= 11 is 0. The van der Waals surface area contributed by atoms with E-state index in [9.17, 15) is 9.59 Å². The number of guanidine groups is 1. The van der Waals surface area contributed by atoms with Gasteiger partial charge >= 0.3 is 5.97 Å². The fourth-order valence-electron chi connectivity index (χ4n) is 4.44. The summed E-state index contributed by atoms with van der Waals surface area (Å²) in [6, 6.07) is 7.96. The molecule has 0 spiro atoms. The molecular formula is C24H37IN4O3. The molecule has 0 bridgehead atoms. The van der Waals surface area contributed by atoms with Gasteiger partial charge in [0.1, 0.15) is 0 Å². The normalized spacial score (nSPS) is 17.9. The number of anilines is 1. The Hall–Kier alpha value is -1.84. The van der Waals surface area contributed by atoms with Crippen LogP contribution in [0.2, 0.25) is 0 Å². The maximum Gasteiger partial charge on any atom is 0.308 e. The number of hydrogen-bond donors (Lipinski definition) is 2. The van der Waals surface area contributed by atoms with Crippen LogP contribution in [0.4, 0.5) is 5.69 Å². The lowest BCUT2D eigenvalue weighted by atomic mass is 9.88. The number of hydrogen-bond acceptors (Lipinski definition) is 4. The van der Waals surface area contributed by atoms with Crippen LogP contribution in [-0.2, 0) is 20.9 Å². The van der Waals surface area contributed by atoms with Crippen LogP contribution in [0.1, 0.15) is 57.4 Å². The Kier molecular flexibility index (Phi) is 11.3. The first-order chi connectivity index (χ1) is 15.1. The molecule has 32 heavy (non-hydrogen) atoms. The number of carbonyl (C=O) groups is 2. The van der Waals surface area contributed by atoms with Crippen molar-refractivity contribution < 1.29 is 14.3 Å². The summed E-state index contributed by atoms with van der Waals surface area (Å²) in [4.78, 5) is 31.3. The number of likely N-dealkylation sites (tertiary alicyclic amines) is 1. The van der Waals surface area contributed by atoms with Gasteiger partial charge in [-0.2, -0.15) is 0 Å². The van der Waals surface area contributed by atoms with Crippen LogP contribution in [0.25, 0.3) is 0 Å². The molecule has 1 aromatic carbocycles. The summed E-state index contributed by atoms with van der Waals surface area (Å²) in [7, 11) is 1.45. The van der Waals surface area contributed by atoms with Crippen molar-refractivity contribution in [2.45, 2.75) is 58.4 Å². The average Bonchev–Trinajstić information content (AvgIpc) is 2.82. The number of ether oxygens (including phenoxy) is 1. The highest BCUT2D eigenvalue weighted by molar-refractivity contribution is 14.0. The maximum atomic E-state index is 12.5. The fraction of sp³-hybridized carbons (Fsp3) is 0.625. The third-order valence-electron chi connectivity index (χ3n) is 6.25. The average molecular weight is 556 g/mol. The number of nitrogens with zero attached hydrogens (tertiary/aromatic N) is 2. The van der Waals surface area contributed by atoms with Crippen molar-refractivity contribution in [3.8, 4) is 0 Å². The van der Waals surface area contributed by atoms with Gasteiger partial charge in [0.25, 0.3) is 0 Å². The van der Waals surface area contributed by atoms with Crippen molar-refractivity contribution in [3.05, 3.63) is 29.8 Å². The van der Waals surface area contributed by atoms with E-state index >= 15 is 0 Å². The summed E-state index contributed by atoms with van der Waals surface area (Å²) in [5, 5.41) is 6.45. The second kappa shape index (κ2) is 13.6. The van der Waals surface area contributed by atoms with Gasteiger partial charge in [-0.1, -0.05) is 31.4 Å². The lowest BCUT2D eigenvalue weighted by Crippen LogP contribution is -2.46. The molecule has 2 N–H and O–H groups in total. The van der Waals surface area contributed by atoms with Gasteiger partial charge in [-0.3, -0.25) is 9.59 Å². The number of carbonyl (C=O) groups excluding carboxylic acids is 2.